The van der Waals surface area contributed by atoms with Crippen LogP contribution in [-0.4, -0.2) is 0 Å². The lowest BCUT2D eigenvalue weighted by Crippen LogP contribution is -2.11. The number of allylic oxidation sites excluding steroid dienone is 1. The van der Waals surface area contributed by atoms with Gasteiger partial charge in [-0.05, 0) is 47.1 Å². The van der Waals surface area contributed by atoms with Crippen LogP contribution >= 0.6 is 0 Å². The topological polar surface area (TPSA) is 0 Å². The fourth-order valence-electron chi connectivity index (χ4n) is 2.45. The molecule has 2 rings (SSSR count). The van der Waals surface area contributed by atoms with E-state index in [9.17, 15) is 0 Å². The Labute approximate surface area is 123 Å². The summed E-state index contributed by atoms with van der Waals surface area (Å²) in [4.78, 5) is 0. The van der Waals surface area contributed by atoms with E-state index in [0.717, 1.165) is 0 Å². The number of aryl methyl sites for hydroxylation is 1. The van der Waals surface area contributed by atoms with E-state index in [-0.39, 0.29) is 5.41 Å². The fraction of sp³-hybridized carbons (Fsp3) is 0.300. The Kier molecular flexibility index (Phi) is 4.13. The van der Waals surface area contributed by atoms with Crippen molar-refractivity contribution in [1.29, 1.82) is 0 Å². The Hall–Kier alpha value is -1.82. The van der Waals surface area contributed by atoms with Crippen molar-refractivity contribution in [2.75, 3.05) is 0 Å². The van der Waals surface area contributed by atoms with Gasteiger partial charge in [0, 0.05) is 0 Å². The summed E-state index contributed by atoms with van der Waals surface area (Å²) in [7, 11) is 0. The van der Waals surface area contributed by atoms with Crippen molar-refractivity contribution >= 4 is 11.6 Å². The lowest BCUT2D eigenvalue weighted by Gasteiger charge is -2.20. The molecule has 104 valence electrons. The lowest BCUT2D eigenvalue weighted by molar-refractivity contribution is 0.589. The van der Waals surface area contributed by atoms with Gasteiger partial charge in [0.1, 0.15) is 0 Å². The van der Waals surface area contributed by atoms with Crippen LogP contribution in [-0.2, 0) is 5.41 Å². The number of hydrogen-bond acceptors (Lipinski definition) is 0. The molecule has 0 saturated heterocycles. The molecule has 0 aliphatic carbocycles. The molecule has 0 bridgehead atoms. The first-order chi connectivity index (χ1) is 9.38. The molecule has 0 aliphatic rings. The van der Waals surface area contributed by atoms with Gasteiger partial charge in [0.25, 0.3) is 0 Å². The van der Waals surface area contributed by atoms with Gasteiger partial charge < -0.3 is 0 Å². The molecule has 20 heavy (non-hydrogen) atoms. The van der Waals surface area contributed by atoms with Crippen LogP contribution in [0.25, 0.3) is 11.6 Å². The first kappa shape index (κ1) is 14.6. The zero-order valence-corrected chi connectivity index (χ0v) is 13.2. The number of hydrogen-bond donors (Lipinski definition) is 0. The van der Waals surface area contributed by atoms with Gasteiger partial charge in [0.15, 0.2) is 0 Å². The van der Waals surface area contributed by atoms with Crippen LogP contribution < -0.4 is 0 Å². The minimum absolute atomic E-state index is 0.209. The van der Waals surface area contributed by atoms with Crippen molar-refractivity contribution < 1.29 is 0 Å². The molecule has 0 atom stereocenters. The Morgan fingerprint density at radius 1 is 0.950 bits per heavy atom. The van der Waals surface area contributed by atoms with Crippen molar-refractivity contribution in [3.8, 4) is 0 Å². The molecule has 0 radical (unpaired) electrons. The highest BCUT2D eigenvalue weighted by Crippen LogP contribution is 2.27. The van der Waals surface area contributed by atoms with E-state index < -0.39 is 0 Å². The van der Waals surface area contributed by atoms with Crippen LogP contribution in [0.15, 0.2) is 48.5 Å². The van der Waals surface area contributed by atoms with Crippen LogP contribution in [0.1, 0.15) is 49.9 Å². The molecule has 0 amide bonds. The normalized spacial score (nSPS) is 12.6. The van der Waals surface area contributed by atoms with Gasteiger partial charge in [0.2, 0.25) is 0 Å². The van der Waals surface area contributed by atoms with Gasteiger partial charge in [0.05, 0.1) is 0 Å². The fourth-order valence-corrected chi connectivity index (χ4v) is 2.45. The van der Waals surface area contributed by atoms with Gasteiger partial charge in [-0.15, -0.1) is 0 Å². The summed E-state index contributed by atoms with van der Waals surface area (Å²) in [5.74, 6) is 0. The maximum atomic E-state index is 2.32. The third-order valence-electron chi connectivity index (χ3n) is 3.70. The highest BCUT2D eigenvalue weighted by atomic mass is 14.2. The van der Waals surface area contributed by atoms with E-state index in [1.807, 2.05) is 0 Å². The zero-order chi connectivity index (χ0) is 14.8. The average molecular weight is 264 g/mol. The smallest absolute Gasteiger partial charge is 0.0132 e. The predicted octanol–water partition coefficient (Wildman–Crippen LogP) is 5.85. The molecular formula is C20H24. The predicted molar refractivity (Wildman–Crippen MR) is 89.9 cm³/mol. The second-order valence-electron chi connectivity index (χ2n) is 6.52. The molecule has 0 unspecified atom stereocenters. The Morgan fingerprint density at radius 3 is 2.15 bits per heavy atom. The molecule has 0 N–H and O–H groups in total. The molecule has 0 spiro atoms. The van der Waals surface area contributed by atoms with Crippen molar-refractivity contribution in [2.45, 2.75) is 40.0 Å². The van der Waals surface area contributed by atoms with E-state index in [1.54, 1.807) is 0 Å². The van der Waals surface area contributed by atoms with Crippen molar-refractivity contribution in [3.63, 3.8) is 0 Å². The van der Waals surface area contributed by atoms with Crippen LogP contribution in [0, 0.1) is 6.92 Å². The van der Waals surface area contributed by atoms with Gasteiger partial charge in [-0.2, -0.15) is 0 Å². The third-order valence-corrected chi connectivity index (χ3v) is 3.70. The second kappa shape index (κ2) is 5.66. The van der Waals surface area contributed by atoms with Crippen molar-refractivity contribution in [3.05, 3.63) is 70.8 Å². The van der Waals surface area contributed by atoms with Crippen molar-refractivity contribution in [2.24, 2.45) is 0 Å². The summed E-state index contributed by atoms with van der Waals surface area (Å²) >= 11 is 0. The summed E-state index contributed by atoms with van der Waals surface area (Å²) in [6.45, 7) is 11.2. The molecule has 0 aliphatic heterocycles. The highest BCUT2D eigenvalue weighted by molar-refractivity contribution is 5.81. The van der Waals surface area contributed by atoms with Gasteiger partial charge in [-0.3, -0.25) is 0 Å². The monoisotopic (exact) mass is 264 g/mol. The van der Waals surface area contributed by atoms with Crippen LogP contribution in [0.5, 0.6) is 0 Å². The minimum atomic E-state index is 0.209. The highest BCUT2D eigenvalue weighted by Gasteiger charge is 2.14. The van der Waals surface area contributed by atoms with Crippen LogP contribution in [0.2, 0.25) is 0 Å². The van der Waals surface area contributed by atoms with Gasteiger partial charge >= 0.3 is 0 Å². The average Bonchev–Trinajstić information content (AvgIpc) is 2.38. The number of rotatable bonds is 2. The minimum Gasteiger partial charge on any atom is -0.0622 e. The Bertz CT molecular complexity index is 610. The van der Waals surface area contributed by atoms with Crippen LogP contribution in [0.4, 0.5) is 0 Å². The first-order valence-corrected chi connectivity index (χ1v) is 7.23. The summed E-state index contributed by atoms with van der Waals surface area (Å²) in [6, 6.07) is 17.3. The maximum absolute atomic E-state index is 2.32. The summed E-state index contributed by atoms with van der Waals surface area (Å²) in [5, 5.41) is 0. The largest absolute Gasteiger partial charge is 0.0622 e. The first-order valence-electron chi connectivity index (χ1n) is 7.23. The van der Waals surface area contributed by atoms with E-state index in [1.165, 1.54) is 27.8 Å². The van der Waals surface area contributed by atoms with E-state index in [0.29, 0.717) is 0 Å². The quantitative estimate of drug-likeness (QED) is 0.596. The van der Waals surface area contributed by atoms with E-state index in [4.69, 9.17) is 0 Å². The zero-order valence-electron chi connectivity index (χ0n) is 13.2. The number of benzene rings is 2. The van der Waals surface area contributed by atoms with Crippen molar-refractivity contribution in [1.82, 2.24) is 0 Å². The maximum Gasteiger partial charge on any atom is -0.0132 e. The standard InChI is InChI=1S/C20H24/c1-15(13-17-9-7-6-8-10-17)19-12-11-18(14-16(19)2)20(3,4)5/h6-14H,1-5H3/b15-13+. The third kappa shape index (κ3) is 3.39. The molecule has 0 aromatic heterocycles. The molecule has 0 heteroatoms. The van der Waals surface area contributed by atoms with E-state index >= 15 is 0 Å². The molecule has 0 nitrogen and oxygen atoms in total. The molecule has 2 aromatic carbocycles. The van der Waals surface area contributed by atoms with E-state index in [2.05, 4.69) is 89.2 Å². The summed E-state index contributed by atoms with van der Waals surface area (Å²) < 4.78 is 0. The SMILES string of the molecule is C/C(=C\c1ccccc1)c1ccc(C(C)(C)C)cc1C. The lowest BCUT2D eigenvalue weighted by atomic mass is 9.84. The van der Waals surface area contributed by atoms with Gasteiger partial charge in [-0.1, -0.05) is 75.4 Å². The van der Waals surface area contributed by atoms with Crippen LogP contribution in [0.3, 0.4) is 0 Å². The van der Waals surface area contributed by atoms with Gasteiger partial charge in [-0.25, -0.2) is 0 Å². The Morgan fingerprint density at radius 2 is 1.60 bits per heavy atom. The molecular weight excluding hydrogens is 240 g/mol. The summed E-state index contributed by atoms with van der Waals surface area (Å²) in [5.41, 5.74) is 6.86. The second-order valence-corrected chi connectivity index (χ2v) is 6.52. The molecule has 0 saturated carbocycles. The summed E-state index contributed by atoms with van der Waals surface area (Å²) in [6.07, 6.45) is 2.25. The molecule has 0 fully saturated rings. The Balaban J connectivity index is 2.37. The molecule has 0 heterocycles. The molecule has 2 aromatic rings.